The van der Waals surface area contributed by atoms with Gasteiger partial charge in [0.2, 0.25) is 0 Å². The first kappa shape index (κ1) is 15.6. The van der Waals surface area contributed by atoms with E-state index in [-0.39, 0.29) is 18.3 Å². The summed E-state index contributed by atoms with van der Waals surface area (Å²) in [4.78, 5) is 0.630. The van der Waals surface area contributed by atoms with Crippen LogP contribution in [-0.4, -0.2) is 0 Å². The molecule has 1 saturated carbocycles. The van der Waals surface area contributed by atoms with Gasteiger partial charge in [-0.15, -0.1) is 13.2 Å². The first-order chi connectivity index (χ1) is 8.97. The molecule has 0 nitrogen and oxygen atoms in total. The van der Waals surface area contributed by atoms with E-state index in [1.54, 1.807) is 12.1 Å². The van der Waals surface area contributed by atoms with E-state index in [2.05, 4.69) is 0 Å². The Hall–Kier alpha value is -0.740. The summed E-state index contributed by atoms with van der Waals surface area (Å²) in [6.45, 7) is 1.92. The predicted octanol–water partition coefficient (Wildman–Crippen LogP) is 3.04. The van der Waals surface area contributed by atoms with Crippen molar-refractivity contribution in [1.82, 2.24) is 0 Å². The van der Waals surface area contributed by atoms with Crippen LogP contribution in [0, 0.1) is 6.92 Å². The second-order valence-electron chi connectivity index (χ2n) is 5.32. The molecule has 0 bridgehead atoms. The van der Waals surface area contributed by atoms with Gasteiger partial charge in [-0.1, -0.05) is 24.5 Å². The van der Waals surface area contributed by atoms with Crippen LogP contribution in [0.25, 0.3) is 10.1 Å². The lowest BCUT2D eigenvalue weighted by molar-refractivity contribution is -0.0868. The van der Waals surface area contributed by atoms with Gasteiger partial charge in [-0.05, 0) is 31.9 Å². The van der Waals surface area contributed by atoms with Gasteiger partial charge in [-0.25, -0.2) is 0 Å². The van der Waals surface area contributed by atoms with E-state index in [4.69, 9.17) is 0 Å². The van der Waals surface area contributed by atoms with Crippen molar-refractivity contribution in [3.8, 4) is 0 Å². The molecule has 1 aliphatic rings. The zero-order chi connectivity index (χ0) is 13.6. The molecule has 0 spiro atoms. The molecule has 0 saturated heterocycles. The number of benzene rings is 1. The minimum atomic E-state index is -4.14. The lowest BCUT2D eigenvalue weighted by Crippen LogP contribution is -3.00. The number of hydrogen-bond donors (Lipinski definition) is 0. The number of alkyl halides is 3. The van der Waals surface area contributed by atoms with E-state index < -0.39 is 16.0 Å². The molecule has 1 aromatic carbocycles. The first-order valence-electron chi connectivity index (χ1n) is 6.60. The van der Waals surface area contributed by atoms with Crippen LogP contribution >= 0.6 is 10.5 Å². The highest BCUT2D eigenvalue weighted by molar-refractivity contribution is 7.38. The fraction of sp³-hybridized carbons (Fsp3) is 0.467. The number of fused-ring (bicyclic) bond motifs is 1. The molecule has 20 heavy (non-hydrogen) atoms. The van der Waals surface area contributed by atoms with Crippen molar-refractivity contribution < 1.29 is 25.6 Å². The average Bonchev–Trinajstić information content (AvgIpc) is 2.92. The van der Waals surface area contributed by atoms with E-state index in [1.807, 2.05) is 19.1 Å². The van der Waals surface area contributed by atoms with Crippen molar-refractivity contribution in [1.29, 1.82) is 0 Å². The Labute approximate surface area is 125 Å². The van der Waals surface area contributed by atoms with Crippen molar-refractivity contribution >= 4 is 20.6 Å². The van der Waals surface area contributed by atoms with Crippen LogP contribution in [0.1, 0.15) is 42.0 Å². The lowest BCUT2D eigenvalue weighted by Gasteiger charge is -2.05. The fourth-order valence-electron chi connectivity index (χ4n) is 3.06. The number of rotatable bonds is 1. The molecule has 1 fully saturated rings. The van der Waals surface area contributed by atoms with Crippen LogP contribution in [0.3, 0.4) is 0 Å². The van der Waals surface area contributed by atoms with Crippen LogP contribution < -0.4 is 12.4 Å². The van der Waals surface area contributed by atoms with Gasteiger partial charge in [0, 0.05) is 17.4 Å². The summed E-state index contributed by atoms with van der Waals surface area (Å²) < 4.78 is 40.7. The Morgan fingerprint density at radius 3 is 2.35 bits per heavy atom. The van der Waals surface area contributed by atoms with Gasteiger partial charge in [0.1, 0.15) is 0 Å². The third-order valence-electron chi connectivity index (χ3n) is 3.91. The van der Waals surface area contributed by atoms with Crippen LogP contribution in [0.4, 0.5) is 13.2 Å². The number of halogens is 4. The third-order valence-corrected chi connectivity index (χ3v) is 6.10. The smallest absolute Gasteiger partial charge is 0.600 e. The molecule has 2 aromatic rings. The second kappa shape index (κ2) is 5.57. The summed E-state index contributed by atoms with van der Waals surface area (Å²) >= 11 is 0. The lowest BCUT2D eigenvalue weighted by atomic mass is 10.1. The maximum absolute atomic E-state index is 13.4. The van der Waals surface area contributed by atoms with Gasteiger partial charge in [0.15, 0.2) is 9.58 Å². The summed E-state index contributed by atoms with van der Waals surface area (Å²) in [6.07, 6.45) is 3.95. The van der Waals surface area contributed by atoms with Gasteiger partial charge < -0.3 is 12.4 Å². The molecule has 0 amide bonds. The summed E-state index contributed by atoms with van der Waals surface area (Å²) in [5.41, 5.74) is -3.12. The molecular weight excluding hydrogens is 305 g/mol. The topological polar surface area (TPSA) is 0 Å². The monoisotopic (exact) mass is 320 g/mol. The van der Waals surface area contributed by atoms with Gasteiger partial charge >= 0.3 is 5.51 Å². The van der Waals surface area contributed by atoms with Gasteiger partial charge in [-0.2, -0.15) is 0 Å². The highest BCUT2D eigenvalue weighted by atomic mass is 35.5. The van der Waals surface area contributed by atoms with E-state index >= 15 is 0 Å². The summed E-state index contributed by atoms with van der Waals surface area (Å²) in [7, 11) is -1.69. The second-order valence-corrected chi connectivity index (χ2v) is 7.31. The largest absolute Gasteiger partial charge is 1.00 e. The Morgan fingerprint density at radius 2 is 1.75 bits per heavy atom. The van der Waals surface area contributed by atoms with Gasteiger partial charge in [-0.3, -0.25) is 0 Å². The summed E-state index contributed by atoms with van der Waals surface area (Å²) in [5, 5.41) is 0.780. The Morgan fingerprint density at radius 1 is 1.10 bits per heavy atom. The molecule has 5 heteroatoms. The van der Waals surface area contributed by atoms with E-state index in [0.29, 0.717) is 9.58 Å². The van der Waals surface area contributed by atoms with Gasteiger partial charge in [0.25, 0.3) is 0 Å². The summed E-state index contributed by atoms with van der Waals surface area (Å²) in [6, 6.07) is 7.15. The molecule has 1 heterocycles. The molecule has 1 aliphatic carbocycles. The van der Waals surface area contributed by atoms with Crippen LogP contribution in [-0.2, 0) is 5.51 Å². The Bertz CT molecular complexity index is 609. The SMILES string of the molecule is Cc1ccc2c(c1)cc(C1CCCC1)[s+]2C(F)(F)F.[Cl-]. The molecule has 0 aliphatic heterocycles. The highest BCUT2D eigenvalue weighted by Gasteiger charge is 2.49. The maximum atomic E-state index is 13.4. The molecule has 0 radical (unpaired) electrons. The molecule has 110 valence electrons. The van der Waals surface area contributed by atoms with Gasteiger partial charge in [0.05, 0.1) is 10.5 Å². The van der Waals surface area contributed by atoms with Crippen molar-refractivity contribution in [3.63, 3.8) is 0 Å². The normalized spacial score (nSPS) is 17.5. The van der Waals surface area contributed by atoms with E-state index in [0.717, 1.165) is 36.6 Å². The summed E-state index contributed by atoms with van der Waals surface area (Å²) in [5.74, 6) is 0.137. The zero-order valence-corrected chi connectivity index (χ0v) is 12.7. The minimum Gasteiger partial charge on any atom is -1.00 e. The predicted molar refractivity (Wildman–Crippen MR) is 73.7 cm³/mol. The molecule has 1 atom stereocenters. The van der Waals surface area contributed by atoms with E-state index in [1.165, 1.54) is 0 Å². The standard InChI is InChI=1S/C15H16F3S.ClH/c1-10-6-7-13-12(8-10)9-14(11-4-2-3-5-11)19(13)15(16,17)18;/h6-9,11H,2-5H2,1H3;1H/q+1;/p-1. The Kier molecular flexibility index (Phi) is 4.35. The van der Waals surface area contributed by atoms with Crippen molar-refractivity contribution in [2.24, 2.45) is 0 Å². The molecule has 0 N–H and O–H groups in total. The van der Waals surface area contributed by atoms with Crippen LogP contribution in [0.5, 0.6) is 0 Å². The number of thiophene rings is 1. The number of hydrogen-bond acceptors (Lipinski definition) is 0. The third kappa shape index (κ3) is 2.68. The minimum absolute atomic E-state index is 0. The first-order valence-corrected chi connectivity index (χ1v) is 7.82. The van der Waals surface area contributed by atoms with Crippen LogP contribution in [0.15, 0.2) is 24.3 Å². The molecule has 3 rings (SSSR count). The molecular formula is C15H16ClF3S. The number of aryl methyl sites for hydroxylation is 1. The Balaban J connectivity index is 0.00000147. The quantitative estimate of drug-likeness (QED) is 0.709. The maximum Gasteiger partial charge on any atom is 0.600 e. The highest BCUT2D eigenvalue weighted by Crippen LogP contribution is 2.55. The van der Waals surface area contributed by atoms with Crippen molar-refractivity contribution in [2.75, 3.05) is 0 Å². The fourth-order valence-corrected chi connectivity index (χ4v) is 5.20. The molecule has 1 aromatic heterocycles. The molecule has 1 unspecified atom stereocenters. The average molecular weight is 321 g/mol. The zero-order valence-electron chi connectivity index (χ0n) is 11.1. The van der Waals surface area contributed by atoms with Crippen LogP contribution in [0.2, 0.25) is 0 Å². The van der Waals surface area contributed by atoms with Crippen molar-refractivity contribution in [2.45, 2.75) is 44.0 Å². The van der Waals surface area contributed by atoms with Crippen molar-refractivity contribution in [3.05, 3.63) is 34.7 Å². The van der Waals surface area contributed by atoms with E-state index in [9.17, 15) is 13.2 Å².